The molecule has 0 aliphatic rings. The SMILES string of the molecule is BrCCSc1nnc(-c2c[nH]c3ccccc23)o1. The number of hydrogen-bond donors (Lipinski definition) is 1. The zero-order valence-corrected chi connectivity index (χ0v) is 11.8. The van der Waals surface area contributed by atoms with Gasteiger partial charge in [0.05, 0.1) is 5.56 Å². The fraction of sp³-hybridized carbons (Fsp3) is 0.167. The average molecular weight is 324 g/mol. The molecule has 0 saturated heterocycles. The Labute approximate surface area is 116 Å². The van der Waals surface area contributed by atoms with Gasteiger partial charge in [-0.3, -0.25) is 0 Å². The zero-order chi connectivity index (χ0) is 12.4. The van der Waals surface area contributed by atoms with Gasteiger partial charge in [0.25, 0.3) is 11.1 Å². The first-order chi connectivity index (χ1) is 8.88. The van der Waals surface area contributed by atoms with Gasteiger partial charge >= 0.3 is 0 Å². The molecule has 4 nitrogen and oxygen atoms in total. The molecule has 0 amide bonds. The van der Waals surface area contributed by atoms with Crippen LogP contribution in [-0.2, 0) is 0 Å². The fourth-order valence-corrected chi connectivity index (χ4v) is 2.73. The van der Waals surface area contributed by atoms with Gasteiger partial charge in [-0.15, -0.1) is 10.2 Å². The molecule has 0 fully saturated rings. The number of halogens is 1. The summed E-state index contributed by atoms with van der Waals surface area (Å²) in [4.78, 5) is 3.20. The van der Waals surface area contributed by atoms with Crippen molar-refractivity contribution in [1.82, 2.24) is 15.2 Å². The number of aromatic nitrogens is 3. The van der Waals surface area contributed by atoms with Crippen molar-refractivity contribution >= 4 is 38.6 Å². The maximum Gasteiger partial charge on any atom is 0.276 e. The fourth-order valence-electron chi connectivity index (χ4n) is 1.75. The van der Waals surface area contributed by atoms with E-state index in [0.717, 1.165) is 27.5 Å². The van der Waals surface area contributed by atoms with Crippen molar-refractivity contribution in [2.75, 3.05) is 11.1 Å². The first-order valence-electron chi connectivity index (χ1n) is 5.47. The van der Waals surface area contributed by atoms with Gasteiger partial charge in [0.1, 0.15) is 0 Å². The highest BCUT2D eigenvalue weighted by molar-refractivity contribution is 9.09. The molecule has 2 heterocycles. The Morgan fingerprint density at radius 3 is 3.06 bits per heavy atom. The first kappa shape index (κ1) is 11.8. The lowest BCUT2D eigenvalue weighted by atomic mass is 10.2. The Morgan fingerprint density at radius 1 is 1.28 bits per heavy atom. The molecule has 0 spiro atoms. The van der Waals surface area contributed by atoms with Crippen molar-refractivity contribution < 1.29 is 4.42 Å². The summed E-state index contributed by atoms with van der Waals surface area (Å²) < 4.78 is 5.64. The topological polar surface area (TPSA) is 54.7 Å². The van der Waals surface area contributed by atoms with Crippen LogP contribution in [-0.4, -0.2) is 26.3 Å². The van der Waals surface area contributed by atoms with Crippen LogP contribution >= 0.6 is 27.7 Å². The number of aromatic amines is 1. The number of nitrogens with one attached hydrogen (secondary N) is 1. The second-order valence-corrected chi connectivity index (χ2v) is 5.50. The predicted molar refractivity (Wildman–Crippen MR) is 76.1 cm³/mol. The molecule has 18 heavy (non-hydrogen) atoms. The Kier molecular flexibility index (Phi) is 3.38. The highest BCUT2D eigenvalue weighted by atomic mass is 79.9. The van der Waals surface area contributed by atoms with Crippen LogP contribution in [0, 0.1) is 0 Å². The van der Waals surface area contributed by atoms with Crippen LogP contribution in [0.1, 0.15) is 0 Å². The summed E-state index contributed by atoms with van der Waals surface area (Å²) in [7, 11) is 0. The summed E-state index contributed by atoms with van der Waals surface area (Å²) in [6.45, 7) is 0. The zero-order valence-electron chi connectivity index (χ0n) is 9.39. The third kappa shape index (κ3) is 2.18. The van der Waals surface area contributed by atoms with Crippen LogP contribution in [0.3, 0.4) is 0 Å². The monoisotopic (exact) mass is 323 g/mol. The minimum atomic E-state index is 0.560. The van der Waals surface area contributed by atoms with E-state index in [1.54, 1.807) is 11.8 Å². The summed E-state index contributed by atoms with van der Waals surface area (Å²) in [5.41, 5.74) is 2.02. The van der Waals surface area contributed by atoms with E-state index in [1.165, 1.54) is 0 Å². The van der Waals surface area contributed by atoms with Crippen molar-refractivity contribution in [3.63, 3.8) is 0 Å². The third-order valence-corrected chi connectivity index (χ3v) is 4.27. The van der Waals surface area contributed by atoms with Crippen molar-refractivity contribution in [3.8, 4) is 11.5 Å². The van der Waals surface area contributed by atoms with Crippen molar-refractivity contribution in [2.45, 2.75) is 5.22 Å². The molecule has 3 aromatic rings. The highest BCUT2D eigenvalue weighted by Crippen LogP contribution is 2.29. The van der Waals surface area contributed by atoms with Gasteiger partial charge in [0.2, 0.25) is 0 Å². The number of nitrogens with zero attached hydrogens (tertiary/aromatic N) is 2. The number of H-pyrrole nitrogens is 1. The Balaban J connectivity index is 1.96. The summed E-state index contributed by atoms with van der Waals surface area (Å²) in [5.74, 6) is 1.47. The smallest absolute Gasteiger partial charge is 0.276 e. The lowest BCUT2D eigenvalue weighted by molar-refractivity contribution is 0.466. The van der Waals surface area contributed by atoms with Crippen LogP contribution in [0.2, 0.25) is 0 Å². The second kappa shape index (κ2) is 5.16. The molecule has 1 aromatic carbocycles. The van der Waals surface area contributed by atoms with Gasteiger partial charge in [0.15, 0.2) is 0 Å². The maximum atomic E-state index is 5.64. The normalized spacial score (nSPS) is 11.2. The first-order valence-corrected chi connectivity index (χ1v) is 7.58. The van der Waals surface area contributed by atoms with E-state index in [9.17, 15) is 0 Å². The van der Waals surface area contributed by atoms with Crippen LogP contribution in [0.15, 0.2) is 40.1 Å². The standard InChI is InChI=1S/C12H10BrN3OS/c13-5-6-18-12-16-15-11(17-12)9-7-14-10-4-2-1-3-8(9)10/h1-4,7,14H,5-6H2. The predicted octanol–water partition coefficient (Wildman–Crippen LogP) is 3.70. The van der Waals surface area contributed by atoms with E-state index in [2.05, 4.69) is 31.1 Å². The number of hydrogen-bond acceptors (Lipinski definition) is 4. The van der Waals surface area contributed by atoms with Crippen LogP contribution in [0.4, 0.5) is 0 Å². The Hall–Kier alpha value is -1.27. The molecule has 0 radical (unpaired) electrons. The van der Waals surface area contributed by atoms with Gasteiger partial charge in [-0.1, -0.05) is 45.9 Å². The van der Waals surface area contributed by atoms with Crippen molar-refractivity contribution in [3.05, 3.63) is 30.5 Å². The molecule has 1 N–H and O–H groups in total. The molecular formula is C12H10BrN3OS. The number of rotatable bonds is 4. The number of para-hydroxylation sites is 1. The van der Waals surface area contributed by atoms with Crippen LogP contribution in [0.25, 0.3) is 22.4 Å². The largest absolute Gasteiger partial charge is 0.411 e. The molecule has 0 aliphatic heterocycles. The molecule has 0 unspecified atom stereocenters. The van der Waals surface area contributed by atoms with Gasteiger partial charge < -0.3 is 9.40 Å². The molecular weight excluding hydrogens is 314 g/mol. The Morgan fingerprint density at radius 2 is 2.17 bits per heavy atom. The van der Waals surface area contributed by atoms with E-state index in [4.69, 9.17) is 4.42 Å². The minimum Gasteiger partial charge on any atom is -0.411 e. The van der Waals surface area contributed by atoms with E-state index >= 15 is 0 Å². The molecule has 6 heteroatoms. The molecule has 0 bridgehead atoms. The van der Waals surface area contributed by atoms with Crippen LogP contribution < -0.4 is 0 Å². The van der Waals surface area contributed by atoms with Crippen LogP contribution in [0.5, 0.6) is 0 Å². The molecule has 0 aliphatic carbocycles. The quantitative estimate of drug-likeness (QED) is 0.587. The van der Waals surface area contributed by atoms with Crippen molar-refractivity contribution in [2.24, 2.45) is 0 Å². The van der Waals surface area contributed by atoms with Gasteiger partial charge in [-0.05, 0) is 6.07 Å². The number of fused-ring (bicyclic) bond motifs is 1. The second-order valence-electron chi connectivity index (χ2n) is 3.66. The average Bonchev–Trinajstić information content (AvgIpc) is 3.02. The number of thioether (sulfide) groups is 1. The molecule has 2 aromatic heterocycles. The van der Waals surface area contributed by atoms with Gasteiger partial charge in [-0.2, -0.15) is 0 Å². The number of alkyl halides is 1. The minimum absolute atomic E-state index is 0.560. The van der Waals surface area contributed by atoms with Crippen molar-refractivity contribution in [1.29, 1.82) is 0 Å². The molecule has 3 rings (SSSR count). The summed E-state index contributed by atoms with van der Waals surface area (Å²) >= 11 is 4.92. The van der Waals surface area contributed by atoms with E-state index in [1.807, 2.05) is 30.5 Å². The maximum absolute atomic E-state index is 5.64. The Bertz CT molecular complexity index is 664. The molecule has 92 valence electrons. The highest BCUT2D eigenvalue weighted by Gasteiger charge is 2.12. The lowest BCUT2D eigenvalue weighted by Crippen LogP contribution is -1.78. The molecule has 0 atom stereocenters. The summed E-state index contributed by atoms with van der Waals surface area (Å²) in [5, 5.41) is 10.7. The molecule has 0 saturated carbocycles. The lowest BCUT2D eigenvalue weighted by Gasteiger charge is -1.92. The van der Waals surface area contributed by atoms with Gasteiger partial charge in [0, 0.05) is 28.2 Å². The summed E-state index contributed by atoms with van der Waals surface area (Å²) in [6.07, 6.45) is 1.90. The van der Waals surface area contributed by atoms with E-state index in [-0.39, 0.29) is 0 Å². The summed E-state index contributed by atoms with van der Waals surface area (Å²) in [6, 6.07) is 8.05. The third-order valence-electron chi connectivity index (χ3n) is 2.53. The number of benzene rings is 1. The van der Waals surface area contributed by atoms with Gasteiger partial charge in [-0.25, -0.2) is 0 Å². The van der Waals surface area contributed by atoms with E-state index < -0.39 is 0 Å². The van der Waals surface area contributed by atoms with E-state index in [0.29, 0.717) is 11.1 Å².